The summed E-state index contributed by atoms with van der Waals surface area (Å²) in [5.41, 5.74) is 6.80. The highest BCUT2D eigenvalue weighted by Crippen LogP contribution is 2.27. The summed E-state index contributed by atoms with van der Waals surface area (Å²) in [7, 11) is 3.08. The van der Waals surface area contributed by atoms with Crippen molar-refractivity contribution in [3.8, 4) is 11.8 Å². The maximum Gasteiger partial charge on any atom is 0.240 e. The largest absolute Gasteiger partial charge is 0.480 e. The van der Waals surface area contributed by atoms with Crippen LogP contribution in [0.25, 0.3) is 0 Å². The first-order valence-corrected chi connectivity index (χ1v) is 7.11. The molecule has 1 heterocycles. The molecule has 0 radical (unpaired) electrons. The Labute approximate surface area is 122 Å². The molecular formula is C14H17N3O2S. The number of hydrogen-bond donors (Lipinski definition) is 1. The van der Waals surface area contributed by atoms with Gasteiger partial charge in [-0.1, -0.05) is 18.2 Å². The Morgan fingerprint density at radius 3 is 2.60 bits per heavy atom. The molecule has 0 saturated heterocycles. The number of methoxy groups -OCH3 is 2. The molecule has 0 aliphatic rings. The normalized spacial score (nSPS) is 11.9. The minimum Gasteiger partial charge on any atom is -0.480 e. The first kappa shape index (κ1) is 14.6. The summed E-state index contributed by atoms with van der Waals surface area (Å²) in [4.78, 5) is 9.64. The molecule has 0 spiro atoms. The molecule has 2 aromatic rings. The second-order valence-corrected chi connectivity index (χ2v) is 5.13. The number of aromatic nitrogens is 2. The fourth-order valence-corrected chi connectivity index (χ4v) is 2.53. The van der Waals surface area contributed by atoms with E-state index in [1.165, 1.54) is 12.0 Å². The minimum atomic E-state index is -0.256. The predicted octanol–water partition coefficient (Wildman–Crippen LogP) is 2.29. The van der Waals surface area contributed by atoms with Crippen molar-refractivity contribution >= 4 is 11.8 Å². The summed E-state index contributed by atoms with van der Waals surface area (Å²) >= 11 is 1.67. The van der Waals surface area contributed by atoms with Gasteiger partial charge in [0.25, 0.3) is 0 Å². The van der Waals surface area contributed by atoms with Crippen LogP contribution in [-0.4, -0.2) is 29.9 Å². The van der Waals surface area contributed by atoms with Gasteiger partial charge in [0, 0.05) is 10.6 Å². The van der Waals surface area contributed by atoms with Gasteiger partial charge < -0.3 is 15.2 Å². The Morgan fingerprint density at radius 1 is 1.20 bits per heavy atom. The molecular weight excluding hydrogens is 274 g/mol. The number of nitrogens with zero attached hydrogens (tertiary/aromatic N) is 2. The average Bonchev–Trinajstić information content (AvgIpc) is 2.52. The molecule has 0 aliphatic heterocycles. The molecule has 1 atom stereocenters. The third-order valence-corrected chi connectivity index (χ3v) is 3.80. The summed E-state index contributed by atoms with van der Waals surface area (Å²) in [5, 5.41) is 0. The summed E-state index contributed by atoms with van der Waals surface area (Å²) in [5.74, 6) is 1.51. The second-order valence-electron chi connectivity index (χ2n) is 4.04. The topological polar surface area (TPSA) is 70.3 Å². The second kappa shape index (κ2) is 7.12. The fourth-order valence-electron chi connectivity index (χ4n) is 1.65. The maximum absolute atomic E-state index is 6.17. The molecule has 2 rings (SSSR count). The van der Waals surface area contributed by atoms with E-state index in [4.69, 9.17) is 15.2 Å². The lowest BCUT2D eigenvalue weighted by atomic mass is 10.2. The third-order valence-electron chi connectivity index (χ3n) is 2.67. The number of benzene rings is 1. The quantitative estimate of drug-likeness (QED) is 0.823. The summed E-state index contributed by atoms with van der Waals surface area (Å²) in [6.45, 7) is 0. The van der Waals surface area contributed by atoms with Crippen molar-refractivity contribution in [2.45, 2.75) is 10.9 Å². The summed E-state index contributed by atoms with van der Waals surface area (Å²) in [6, 6.07) is 9.84. The van der Waals surface area contributed by atoms with Crippen LogP contribution in [-0.2, 0) is 0 Å². The van der Waals surface area contributed by atoms with Gasteiger partial charge in [-0.2, -0.15) is 4.98 Å². The van der Waals surface area contributed by atoms with Crippen molar-refractivity contribution in [1.82, 2.24) is 9.97 Å². The average molecular weight is 291 g/mol. The molecule has 2 N–H and O–H groups in total. The third kappa shape index (κ3) is 3.61. The Hall–Kier alpha value is -1.79. The van der Waals surface area contributed by atoms with Gasteiger partial charge in [0.15, 0.2) is 0 Å². The van der Waals surface area contributed by atoms with Crippen molar-refractivity contribution in [3.05, 3.63) is 42.2 Å². The van der Waals surface area contributed by atoms with Crippen LogP contribution in [0, 0.1) is 0 Å². The van der Waals surface area contributed by atoms with Gasteiger partial charge in [0.1, 0.15) is 5.69 Å². The van der Waals surface area contributed by atoms with Gasteiger partial charge >= 0.3 is 0 Å². The van der Waals surface area contributed by atoms with Crippen molar-refractivity contribution in [2.75, 3.05) is 20.0 Å². The lowest BCUT2D eigenvalue weighted by Crippen LogP contribution is -2.16. The zero-order chi connectivity index (χ0) is 14.4. The molecule has 0 amide bonds. The standard InChI is InChI=1S/C14H17N3O2S/c1-18-12-8-16-13(14(17-12)19-2)11(15)9-20-10-6-4-3-5-7-10/h3-8,11H,9,15H2,1-2H3. The van der Waals surface area contributed by atoms with Crippen LogP contribution in [0.2, 0.25) is 0 Å². The monoisotopic (exact) mass is 291 g/mol. The van der Waals surface area contributed by atoms with Gasteiger partial charge in [0.2, 0.25) is 11.8 Å². The number of ether oxygens (including phenoxy) is 2. The number of nitrogens with two attached hydrogens (primary N) is 1. The molecule has 20 heavy (non-hydrogen) atoms. The van der Waals surface area contributed by atoms with Crippen molar-refractivity contribution in [3.63, 3.8) is 0 Å². The van der Waals surface area contributed by atoms with Crippen LogP contribution in [0.1, 0.15) is 11.7 Å². The highest BCUT2D eigenvalue weighted by atomic mass is 32.2. The Morgan fingerprint density at radius 2 is 1.95 bits per heavy atom. The predicted molar refractivity (Wildman–Crippen MR) is 79.2 cm³/mol. The van der Waals surface area contributed by atoms with Gasteiger partial charge in [-0.05, 0) is 12.1 Å². The van der Waals surface area contributed by atoms with Crippen molar-refractivity contribution in [2.24, 2.45) is 5.73 Å². The van der Waals surface area contributed by atoms with Crippen LogP contribution < -0.4 is 15.2 Å². The van der Waals surface area contributed by atoms with Gasteiger partial charge in [-0.3, -0.25) is 0 Å². The number of rotatable bonds is 6. The van der Waals surface area contributed by atoms with E-state index in [0.717, 1.165) is 0 Å². The molecule has 0 saturated carbocycles. The minimum absolute atomic E-state index is 0.256. The molecule has 106 valence electrons. The lowest BCUT2D eigenvalue weighted by Gasteiger charge is -2.14. The van der Waals surface area contributed by atoms with Gasteiger partial charge in [-0.25, -0.2) is 4.98 Å². The molecule has 1 aromatic carbocycles. The Balaban J connectivity index is 2.07. The molecule has 6 heteroatoms. The van der Waals surface area contributed by atoms with Gasteiger partial charge in [-0.15, -0.1) is 11.8 Å². The first-order valence-electron chi connectivity index (χ1n) is 6.13. The van der Waals surface area contributed by atoms with E-state index in [9.17, 15) is 0 Å². The molecule has 1 aromatic heterocycles. The smallest absolute Gasteiger partial charge is 0.240 e. The van der Waals surface area contributed by atoms with Crippen molar-refractivity contribution < 1.29 is 9.47 Å². The highest BCUT2D eigenvalue weighted by molar-refractivity contribution is 7.99. The van der Waals surface area contributed by atoms with Crippen LogP contribution >= 0.6 is 11.8 Å². The number of hydrogen-bond acceptors (Lipinski definition) is 6. The van der Waals surface area contributed by atoms with E-state index < -0.39 is 0 Å². The SMILES string of the molecule is COc1cnc(C(N)CSc2ccccc2)c(OC)n1. The highest BCUT2D eigenvalue weighted by Gasteiger charge is 2.16. The summed E-state index contributed by atoms with van der Waals surface area (Å²) < 4.78 is 10.2. The zero-order valence-corrected chi connectivity index (χ0v) is 12.3. The first-order chi connectivity index (χ1) is 9.74. The van der Waals surface area contributed by atoms with E-state index in [-0.39, 0.29) is 6.04 Å². The van der Waals surface area contributed by atoms with Crippen LogP contribution in [0.15, 0.2) is 41.4 Å². The number of thioether (sulfide) groups is 1. The fraction of sp³-hybridized carbons (Fsp3) is 0.286. The van der Waals surface area contributed by atoms with E-state index in [1.54, 1.807) is 25.1 Å². The Bertz CT molecular complexity index is 551. The molecule has 0 aliphatic carbocycles. The van der Waals surface area contributed by atoms with Crippen molar-refractivity contribution in [1.29, 1.82) is 0 Å². The molecule has 0 bridgehead atoms. The van der Waals surface area contributed by atoms with Crippen LogP contribution in [0.3, 0.4) is 0 Å². The molecule has 0 fully saturated rings. The van der Waals surface area contributed by atoms with Crippen LogP contribution in [0.4, 0.5) is 0 Å². The Kier molecular flexibility index (Phi) is 5.20. The van der Waals surface area contributed by atoms with E-state index >= 15 is 0 Å². The maximum atomic E-state index is 6.17. The lowest BCUT2D eigenvalue weighted by molar-refractivity contribution is 0.354. The zero-order valence-electron chi connectivity index (χ0n) is 11.4. The molecule has 1 unspecified atom stereocenters. The van der Waals surface area contributed by atoms with Crippen LogP contribution in [0.5, 0.6) is 11.8 Å². The van der Waals surface area contributed by atoms with E-state index in [1.807, 2.05) is 30.3 Å². The van der Waals surface area contributed by atoms with Gasteiger partial charge in [0.05, 0.1) is 26.5 Å². The van der Waals surface area contributed by atoms with E-state index in [2.05, 4.69) is 9.97 Å². The molecule has 5 nitrogen and oxygen atoms in total. The summed E-state index contributed by atoms with van der Waals surface area (Å²) in [6.07, 6.45) is 1.55. The van der Waals surface area contributed by atoms with E-state index in [0.29, 0.717) is 23.2 Å².